The van der Waals surface area contributed by atoms with E-state index in [1.165, 1.54) is 0 Å². The van der Waals surface area contributed by atoms with Crippen molar-refractivity contribution < 1.29 is 19.1 Å². The van der Waals surface area contributed by atoms with E-state index < -0.39 is 17.4 Å². The number of hydrogen-bond donors (Lipinski definition) is 1. The largest absolute Gasteiger partial charge is 0.458 e. The van der Waals surface area contributed by atoms with E-state index in [0.29, 0.717) is 19.4 Å². The lowest BCUT2D eigenvalue weighted by atomic mass is 9.75. The number of primary amides is 1. The smallest absolute Gasteiger partial charge is 0.307 e. The van der Waals surface area contributed by atoms with Gasteiger partial charge in [-0.3, -0.25) is 9.59 Å². The first kappa shape index (κ1) is 11.4. The Morgan fingerprint density at radius 2 is 2.19 bits per heavy atom. The number of carbonyl (C=O) groups excluding carboxylic acids is 2. The van der Waals surface area contributed by atoms with E-state index >= 15 is 0 Å². The molecule has 0 aromatic heterocycles. The van der Waals surface area contributed by atoms with Crippen molar-refractivity contribution in [1.82, 2.24) is 0 Å². The fourth-order valence-corrected chi connectivity index (χ4v) is 2.80. The Morgan fingerprint density at radius 3 is 2.75 bits per heavy atom. The summed E-state index contributed by atoms with van der Waals surface area (Å²) >= 11 is 0. The number of amides is 1. The van der Waals surface area contributed by atoms with Crippen LogP contribution in [0.1, 0.15) is 33.1 Å². The third-order valence-electron chi connectivity index (χ3n) is 3.41. The molecule has 1 spiro atoms. The van der Waals surface area contributed by atoms with Crippen LogP contribution < -0.4 is 5.73 Å². The maximum absolute atomic E-state index is 11.4. The Morgan fingerprint density at radius 1 is 1.50 bits per heavy atom. The molecule has 0 aromatic rings. The summed E-state index contributed by atoms with van der Waals surface area (Å²) in [5, 5.41) is 0. The third-order valence-corrected chi connectivity index (χ3v) is 3.41. The van der Waals surface area contributed by atoms with Gasteiger partial charge in [0.25, 0.3) is 0 Å². The van der Waals surface area contributed by atoms with Gasteiger partial charge in [-0.2, -0.15) is 0 Å². The van der Waals surface area contributed by atoms with Crippen LogP contribution in [0.5, 0.6) is 0 Å². The normalized spacial score (nSPS) is 37.4. The Hall–Kier alpha value is -1.10. The summed E-state index contributed by atoms with van der Waals surface area (Å²) in [5.41, 5.74) is 4.23. The Kier molecular flexibility index (Phi) is 2.45. The van der Waals surface area contributed by atoms with Crippen LogP contribution in [0, 0.1) is 5.92 Å². The second-order valence-corrected chi connectivity index (χ2v) is 5.23. The zero-order valence-corrected chi connectivity index (χ0v) is 9.62. The predicted octanol–water partition coefficient (Wildman–Crippen LogP) is 0.363. The summed E-state index contributed by atoms with van der Waals surface area (Å²) in [6, 6.07) is 0. The summed E-state index contributed by atoms with van der Waals surface area (Å²) in [5.74, 6) is -1.30. The Labute approximate surface area is 94.3 Å². The van der Waals surface area contributed by atoms with Gasteiger partial charge in [0.05, 0.1) is 24.5 Å². The van der Waals surface area contributed by atoms with Gasteiger partial charge in [-0.05, 0) is 13.8 Å². The second-order valence-electron chi connectivity index (χ2n) is 5.23. The average molecular weight is 227 g/mol. The maximum atomic E-state index is 11.4. The molecule has 5 nitrogen and oxygen atoms in total. The van der Waals surface area contributed by atoms with Crippen LogP contribution in [0.25, 0.3) is 0 Å². The summed E-state index contributed by atoms with van der Waals surface area (Å²) in [6.45, 7) is 4.35. The van der Waals surface area contributed by atoms with Gasteiger partial charge in [-0.15, -0.1) is 0 Å². The molecule has 0 aromatic carbocycles. The molecule has 2 rings (SSSR count). The van der Waals surface area contributed by atoms with Crippen LogP contribution >= 0.6 is 0 Å². The van der Waals surface area contributed by atoms with E-state index in [9.17, 15) is 9.59 Å². The molecule has 90 valence electrons. The Bertz CT molecular complexity index is 339. The zero-order chi connectivity index (χ0) is 12.0. The fourth-order valence-electron chi connectivity index (χ4n) is 2.80. The van der Waals surface area contributed by atoms with E-state index in [1.807, 2.05) is 13.8 Å². The van der Waals surface area contributed by atoms with E-state index in [0.717, 1.165) is 0 Å². The van der Waals surface area contributed by atoms with Gasteiger partial charge in [0.15, 0.2) is 0 Å². The van der Waals surface area contributed by atoms with Gasteiger partial charge < -0.3 is 15.2 Å². The molecule has 1 amide bonds. The molecule has 16 heavy (non-hydrogen) atoms. The number of hydrogen-bond acceptors (Lipinski definition) is 4. The van der Waals surface area contributed by atoms with Crippen LogP contribution in [0.2, 0.25) is 0 Å². The lowest BCUT2D eigenvalue weighted by molar-refractivity contribution is -0.179. The molecular weight excluding hydrogens is 210 g/mol. The molecule has 2 unspecified atom stereocenters. The van der Waals surface area contributed by atoms with Crippen molar-refractivity contribution in [2.24, 2.45) is 11.7 Å². The highest BCUT2D eigenvalue weighted by molar-refractivity contribution is 5.86. The van der Waals surface area contributed by atoms with Crippen LogP contribution in [0.4, 0.5) is 0 Å². The summed E-state index contributed by atoms with van der Waals surface area (Å²) in [7, 11) is 0. The first-order chi connectivity index (χ1) is 7.35. The molecule has 0 radical (unpaired) electrons. The van der Waals surface area contributed by atoms with E-state index in [4.69, 9.17) is 15.2 Å². The molecule has 2 aliphatic heterocycles. The monoisotopic (exact) mass is 227 g/mol. The minimum absolute atomic E-state index is 0.103. The predicted molar refractivity (Wildman–Crippen MR) is 55.4 cm³/mol. The fraction of sp³-hybridized carbons (Fsp3) is 0.818. The van der Waals surface area contributed by atoms with Gasteiger partial charge in [0.2, 0.25) is 5.91 Å². The number of nitrogens with two attached hydrogens (primary N) is 1. The minimum Gasteiger partial charge on any atom is -0.458 e. The highest BCUT2D eigenvalue weighted by Crippen LogP contribution is 2.45. The number of rotatable bonds is 1. The molecule has 2 saturated heterocycles. The lowest BCUT2D eigenvalue weighted by Crippen LogP contribution is -2.52. The third kappa shape index (κ3) is 1.80. The van der Waals surface area contributed by atoms with E-state index in [2.05, 4.69) is 0 Å². The maximum Gasteiger partial charge on any atom is 0.307 e. The number of carbonyl (C=O) groups is 2. The molecule has 2 fully saturated rings. The van der Waals surface area contributed by atoms with Crippen molar-refractivity contribution in [2.45, 2.75) is 44.3 Å². The quantitative estimate of drug-likeness (QED) is 0.656. The minimum atomic E-state index is -0.731. The van der Waals surface area contributed by atoms with Gasteiger partial charge in [0.1, 0.15) is 5.60 Å². The first-order valence-electron chi connectivity index (χ1n) is 5.50. The van der Waals surface area contributed by atoms with Crippen molar-refractivity contribution in [2.75, 3.05) is 6.61 Å². The van der Waals surface area contributed by atoms with Crippen molar-refractivity contribution in [3.05, 3.63) is 0 Å². The molecule has 2 aliphatic rings. The van der Waals surface area contributed by atoms with Gasteiger partial charge in [-0.25, -0.2) is 0 Å². The van der Waals surface area contributed by atoms with Crippen LogP contribution in [0.15, 0.2) is 0 Å². The highest BCUT2D eigenvalue weighted by Gasteiger charge is 2.56. The van der Waals surface area contributed by atoms with Crippen LogP contribution in [-0.2, 0) is 19.1 Å². The van der Waals surface area contributed by atoms with Crippen molar-refractivity contribution in [1.29, 1.82) is 0 Å². The first-order valence-corrected chi connectivity index (χ1v) is 5.50. The molecule has 2 N–H and O–H groups in total. The summed E-state index contributed by atoms with van der Waals surface area (Å²) in [4.78, 5) is 22.8. The van der Waals surface area contributed by atoms with Crippen molar-refractivity contribution >= 4 is 11.9 Å². The molecule has 0 bridgehead atoms. The van der Waals surface area contributed by atoms with Crippen LogP contribution in [-0.4, -0.2) is 29.7 Å². The molecule has 5 heteroatoms. The number of esters is 1. The highest BCUT2D eigenvalue weighted by atomic mass is 16.6. The SMILES string of the molecule is CC1(C)CC2(CCO1)OC(=O)CC2C(N)=O. The van der Waals surface area contributed by atoms with Gasteiger partial charge in [0, 0.05) is 12.8 Å². The number of ether oxygens (including phenoxy) is 2. The van der Waals surface area contributed by atoms with Crippen molar-refractivity contribution in [3.63, 3.8) is 0 Å². The van der Waals surface area contributed by atoms with Gasteiger partial charge in [-0.1, -0.05) is 0 Å². The standard InChI is InChI=1S/C11H17NO4/c1-10(2)6-11(3-4-15-10)7(9(12)14)5-8(13)16-11/h7H,3-6H2,1-2H3,(H2,12,14). The average Bonchev–Trinajstić information content (AvgIpc) is 2.40. The Balaban J connectivity index is 2.28. The second kappa shape index (κ2) is 3.45. The summed E-state index contributed by atoms with van der Waals surface area (Å²) < 4.78 is 11.0. The summed E-state index contributed by atoms with van der Waals surface area (Å²) in [6.07, 6.45) is 1.18. The zero-order valence-electron chi connectivity index (χ0n) is 9.62. The lowest BCUT2D eigenvalue weighted by Gasteiger charge is -2.43. The molecular formula is C11H17NO4. The topological polar surface area (TPSA) is 78.6 Å². The van der Waals surface area contributed by atoms with E-state index in [-0.39, 0.29) is 18.0 Å². The van der Waals surface area contributed by atoms with Crippen molar-refractivity contribution in [3.8, 4) is 0 Å². The van der Waals surface area contributed by atoms with E-state index in [1.54, 1.807) is 0 Å². The van der Waals surface area contributed by atoms with Gasteiger partial charge >= 0.3 is 5.97 Å². The van der Waals surface area contributed by atoms with Crippen LogP contribution in [0.3, 0.4) is 0 Å². The molecule has 2 atom stereocenters. The molecule has 2 heterocycles. The molecule has 0 aliphatic carbocycles. The molecule has 0 saturated carbocycles.